The first kappa shape index (κ1) is 21.3. The predicted octanol–water partition coefficient (Wildman–Crippen LogP) is 6.21. The average molecular weight is 439 g/mol. The number of ether oxygens (including phenoxy) is 1. The number of nitrogens with zero attached hydrogens (tertiary/aromatic N) is 3. The topological polar surface area (TPSA) is 90.2 Å². The van der Waals surface area contributed by atoms with Crippen LogP contribution in [0.15, 0.2) is 42.7 Å². The van der Waals surface area contributed by atoms with Crippen molar-refractivity contribution in [1.29, 1.82) is 0 Å². The lowest BCUT2D eigenvalue weighted by Crippen LogP contribution is -2.06. The zero-order valence-corrected chi connectivity index (χ0v) is 16.4. The molecule has 0 unspecified atom stereocenters. The first-order chi connectivity index (χ1) is 14.1. The molecule has 0 aliphatic rings. The maximum Gasteiger partial charge on any atom is 0.416 e. The van der Waals surface area contributed by atoms with Gasteiger partial charge in [-0.25, -0.2) is 4.98 Å². The molecule has 0 bridgehead atoms. The van der Waals surface area contributed by atoms with Gasteiger partial charge in [0.25, 0.3) is 0 Å². The summed E-state index contributed by atoms with van der Waals surface area (Å²) in [5.41, 5.74) is 0.192. The minimum absolute atomic E-state index is 0.175. The van der Waals surface area contributed by atoms with Crippen molar-refractivity contribution in [3.05, 3.63) is 74.6 Å². The van der Waals surface area contributed by atoms with Crippen molar-refractivity contribution in [1.82, 2.24) is 9.97 Å². The second kappa shape index (κ2) is 8.15. The first-order valence-corrected chi connectivity index (χ1v) is 8.82. The van der Waals surface area contributed by atoms with Gasteiger partial charge in [-0.2, -0.15) is 18.2 Å². The molecule has 0 spiro atoms. The molecule has 0 saturated heterocycles. The van der Waals surface area contributed by atoms with Crippen LogP contribution in [-0.2, 0) is 6.18 Å². The second-order valence-electron chi connectivity index (χ2n) is 6.31. The number of benzene rings is 2. The molecule has 1 aromatic heterocycles. The normalized spacial score (nSPS) is 11.3. The van der Waals surface area contributed by atoms with Gasteiger partial charge in [0.2, 0.25) is 5.82 Å². The number of anilines is 2. The summed E-state index contributed by atoms with van der Waals surface area (Å²) >= 11 is 6.12. The molecule has 7 nitrogen and oxygen atoms in total. The van der Waals surface area contributed by atoms with Gasteiger partial charge in [0.1, 0.15) is 12.1 Å². The van der Waals surface area contributed by atoms with Gasteiger partial charge in [0, 0.05) is 10.7 Å². The molecule has 0 atom stereocenters. The van der Waals surface area contributed by atoms with Crippen molar-refractivity contribution in [2.45, 2.75) is 20.0 Å². The smallest absolute Gasteiger partial charge is 0.416 e. The number of halogens is 4. The third-order valence-electron chi connectivity index (χ3n) is 4.07. The quantitative estimate of drug-likeness (QED) is 0.376. The van der Waals surface area contributed by atoms with Crippen LogP contribution in [0.1, 0.15) is 16.7 Å². The lowest BCUT2D eigenvalue weighted by molar-refractivity contribution is -0.385. The van der Waals surface area contributed by atoms with E-state index in [2.05, 4.69) is 15.3 Å². The molecular weight excluding hydrogens is 425 g/mol. The molecule has 1 heterocycles. The highest BCUT2D eigenvalue weighted by molar-refractivity contribution is 6.32. The van der Waals surface area contributed by atoms with Crippen molar-refractivity contribution in [3.8, 4) is 11.6 Å². The molecule has 0 aliphatic heterocycles. The van der Waals surface area contributed by atoms with Crippen LogP contribution in [0.5, 0.6) is 11.6 Å². The Morgan fingerprint density at radius 1 is 1.10 bits per heavy atom. The van der Waals surface area contributed by atoms with Gasteiger partial charge in [-0.1, -0.05) is 11.6 Å². The third kappa shape index (κ3) is 4.60. The summed E-state index contributed by atoms with van der Waals surface area (Å²) in [6.07, 6.45) is -3.44. The van der Waals surface area contributed by atoms with Crippen LogP contribution in [-0.4, -0.2) is 14.9 Å². The number of rotatable bonds is 5. The first-order valence-electron chi connectivity index (χ1n) is 8.44. The molecule has 1 N–H and O–H groups in total. The summed E-state index contributed by atoms with van der Waals surface area (Å²) in [6.45, 7) is 3.52. The number of hydrogen-bond donors (Lipinski definition) is 1. The van der Waals surface area contributed by atoms with E-state index in [0.717, 1.165) is 30.6 Å². The molecule has 0 aliphatic carbocycles. The Kier molecular flexibility index (Phi) is 5.79. The third-order valence-corrected chi connectivity index (χ3v) is 4.67. The van der Waals surface area contributed by atoms with Crippen LogP contribution >= 0.6 is 11.6 Å². The number of alkyl halides is 3. The Labute approximate surface area is 173 Å². The van der Waals surface area contributed by atoms with Gasteiger partial charge >= 0.3 is 17.7 Å². The summed E-state index contributed by atoms with van der Waals surface area (Å²) in [7, 11) is 0. The van der Waals surface area contributed by atoms with Crippen molar-refractivity contribution in [2.24, 2.45) is 0 Å². The maximum atomic E-state index is 12.7. The fraction of sp³-hybridized carbons (Fsp3) is 0.158. The van der Waals surface area contributed by atoms with Crippen molar-refractivity contribution in [2.75, 3.05) is 5.32 Å². The maximum absolute atomic E-state index is 12.7. The molecule has 11 heteroatoms. The zero-order valence-electron chi connectivity index (χ0n) is 15.6. The van der Waals surface area contributed by atoms with E-state index in [4.69, 9.17) is 16.3 Å². The Balaban J connectivity index is 1.94. The van der Waals surface area contributed by atoms with Gasteiger partial charge in [-0.15, -0.1) is 0 Å². The number of aromatic nitrogens is 2. The fourth-order valence-electron chi connectivity index (χ4n) is 2.65. The number of aryl methyl sites for hydroxylation is 2. The molecule has 3 rings (SSSR count). The van der Waals surface area contributed by atoms with E-state index in [1.165, 1.54) is 0 Å². The van der Waals surface area contributed by atoms with Crippen LogP contribution in [0, 0.1) is 24.0 Å². The van der Waals surface area contributed by atoms with Gasteiger partial charge in [-0.3, -0.25) is 10.1 Å². The Morgan fingerprint density at radius 2 is 1.70 bits per heavy atom. The molecule has 2 aromatic carbocycles. The van der Waals surface area contributed by atoms with Crippen molar-refractivity contribution >= 4 is 28.8 Å². The number of nitrogens with one attached hydrogen (secondary N) is 1. The van der Waals surface area contributed by atoms with Crippen molar-refractivity contribution in [3.63, 3.8) is 0 Å². The Hall–Kier alpha value is -3.40. The molecule has 0 saturated carbocycles. The van der Waals surface area contributed by atoms with E-state index in [-0.39, 0.29) is 23.1 Å². The van der Waals surface area contributed by atoms with Crippen LogP contribution in [0.25, 0.3) is 0 Å². The van der Waals surface area contributed by atoms with Gasteiger partial charge in [0.15, 0.2) is 0 Å². The SMILES string of the molecule is Cc1cc(Oc2ncnc(Nc3ccc(C(F)(F)F)cc3)c2[N+](=O)[O-])cc(C)c1Cl. The van der Waals surface area contributed by atoms with Crippen LogP contribution in [0.3, 0.4) is 0 Å². The zero-order chi connectivity index (χ0) is 22.1. The molecule has 0 fully saturated rings. The lowest BCUT2D eigenvalue weighted by Gasteiger charge is -2.12. The van der Waals surface area contributed by atoms with Crippen LogP contribution in [0.2, 0.25) is 5.02 Å². The van der Waals surface area contributed by atoms with Crippen molar-refractivity contribution < 1.29 is 22.8 Å². The summed E-state index contributed by atoms with van der Waals surface area (Å²) in [4.78, 5) is 18.6. The highest BCUT2D eigenvalue weighted by atomic mass is 35.5. The summed E-state index contributed by atoms with van der Waals surface area (Å²) in [5, 5.41) is 14.8. The monoisotopic (exact) mass is 438 g/mol. The Bertz CT molecular complexity index is 1080. The van der Waals surface area contributed by atoms with E-state index in [9.17, 15) is 23.3 Å². The molecule has 30 heavy (non-hydrogen) atoms. The second-order valence-corrected chi connectivity index (χ2v) is 6.68. The number of nitro groups is 1. The standard InChI is InChI=1S/C19H14ClF3N4O3/c1-10-7-14(8-11(2)15(10)20)30-18-16(27(28)29)17(24-9-25-18)26-13-5-3-12(4-6-13)19(21,22)23/h3-9H,1-2H3,(H,24,25,26). The minimum atomic E-state index is -4.49. The average Bonchev–Trinajstić information content (AvgIpc) is 2.65. The molecule has 0 amide bonds. The molecular formula is C19H14ClF3N4O3. The fourth-order valence-corrected chi connectivity index (χ4v) is 2.76. The van der Waals surface area contributed by atoms with Crippen LogP contribution < -0.4 is 10.1 Å². The molecule has 0 radical (unpaired) electrons. The van der Waals surface area contributed by atoms with E-state index in [1.54, 1.807) is 26.0 Å². The van der Waals surface area contributed by atoms with E-state index >= 15 is 0 Å². The molecule has 156 valence electrons. The van der Waals surface area contributed by atoms with Gasteiger partial charge in [-0.05, 0) is 61.4 Å². The summed E-state index contributed by atoms with van der Waals surface area (Å²) in [5.74, 6) is -0.269. The van der Waals surface area contributed by atoms with Gasteiger partial charge < -0.3 is 10.1 Å². The Morgan fingerprint density at radius 3 is 2.23 bits per heavy atom. The minimum Gasteiger partial charge on any atom is -0.434 e. The largest absolute Gasteiger partial charge is 0.434 e. The van der Waals surface area contributed by atoms with Crippen LogP contribution in [0.4, 0.5) is 30.4 Å². The summed E-state index contributed by atoms with van der Waals surface area (Å²) in [6, 6.07) is 7.19. The van der Waals surface area contributed by atoms with E-state index in [1.807, 2.05) is 0 Å². The predicted molar refractivity (Wildman–Crippen MR) is 104 cm³/mol. The highest BCUT2D eigenvalue weighted by Crippen LogP contribution is 2.37. The van der Waals surface area contributed by atoms with E-state index < -0.39 is 22.4 Å². The van der Waals surface area contributed by atoms with Gasteiger partial charge in [0.05, 0.1) is 10.5 Å². The lowest BCUT2D eigenvalue weighted by atomic mass is 10.1. The number of hydrogen-bond acceptors (Lipinski definition) is 6. The summed E-state index contributed by atoms with van der Waals surface area (Å²) < 4.78 is 43.7. The van der Waals surface area contributed by atoms with E-state index in [0.29, 0.717) is 16.1 Å². The highest BCUT2D eigenvalue weighted by Gasteiger charge is 2.30. The molecule has 3 aromatic rings.